The third kappa shape index (κ3) is 3.47. The van der Waals surface area contributed by atoms with Gasteiger partial charge in [0.05, 0.1) is 11.5 Å². The van der Waals surface area contributed by atoms with Crippen LogP contribution in [0.25, 0.3) is 0 Å². The van der Waals surface area contributed by atoms with Crippen molar-refractivity contribution in [2.24, 2.45) is 5.41 Å². The first-order valence-electron chi connectivity index (χ1n) is 7.39. The van der Waals surface area contributed by atoms with E-state index in [-0.39, 0.29) is 18.5 Å². The zero-order valence-corrected chi connectivity index (χ0v) is 11.4. The summed E-state index contributed by atoms with van der Waals surface area (Å²) in [5, 5.41) is 15.5. The van der Waals surface area contributed by atoms with Crippen molar-refractivity contribution in [1.82, 2.24) is 10.6 Å². The SMILES string of the molecule is O=C(NCC1(C(=O)O)CCCCCC1)C1CCCN1. The van der Waals surface area contributed by atoms with E-state index in [2.05, 4.69) is 10.6 Å². The Balaban J connectivity index is 1.92. The predicted molar refractivity (Wildman–Crippen MR) is 71.8 cm³/mol. The van der Waals surface area contributed by atoms with Crippen LogP contribution in [0.2, 0.25) is 0 Å². The summed E-state index contributed by atoms with van der Waals surface area (Å²) in [7, 11) is 0. The van der Waals surface area contributed by atoms with Crippen LogP contribution in [0.1, 0.15) is 51.4 Å². The quantitative estimate of drug-likeness (QED) is 0.671. The van der Waals surface area contributed by atoms with Crippen molar-refractivity contribution >= 4 is 11.9 Å². The van der Waals surface area contributed by atoms with Crippen molar-refractivity contribution in [3.63, 3.8) is 0 Å². The van der Waals surface area contributed by atoms with Gasteiger partial charge in [-0.3, -0.25) is 9.59 Å². The maximum absolute atomic E-state index is 12.0. The number of carbonyl (C=O) groups is 2. The van der Waals surface area contributed by atoms with Crippen LogP contribution >= 0.6 is 0 Å². The smallest absolute Gasteiger partial charge is 0.311 e. The highest BCUT2D eigenvalue weighted by atomic mass is 16.4. The summed E-state index contributed by atoms with van der Waals surface area (Å²) in [5.74, 6) is -0.795. The zero-order chi connectivity index (χ0) is 13.7. The Kier molecular flexibility index (Phi) is 4.80. The van der Waals surface area contributed by atoms with Crippen LogP contribution in [0.4, 0.5) is 0 Å². The van der Waals surface area contributed by atoms with E-state index < -0.39 is 11.4 Å². The Morgan fingerprint density at radius 3 is 2.37 bits per heavy atom. The summed E-state index contributed by atoms with van der Waals surface area (Å²) >= 11 is 0. The van der Waals surface area contributed by atoms with Gasteiger partial charge in [0.1, 0.15) is 0 Å². The second-order valence-electron chi connectivity index (χ2n) is 5.87. The van der Waals surface area contributed by atoms with Gasteiger partial charge in [0.2, 0.25) is 5.91 Å². The van der Waals surface area contributed by atoms with Crippen molar-refractivity contribution in [2.45, 2.75) is 57.4 Å². The van der Waals surface area contributed by atoms with Gasteiger partial charge in [0, 0.05) is 6.54 Å². The van der Waals surface area contributed by atoms with E-state index in [1.807, 2.05) is 0 Å². The van der Waals surface area contributed by atoms with Crippen molar-refractivity contribution < 1.29 is 14.7 Å². The van der Waals surface area contributed by atoms with Crippen LogP contribution in [0, 0.1) is 5.41 Å². The lowest BCUT2D eigenvalue weighted by molar-refractivity contribution is -0.149. The summed E-state index contributed by atoms with van der Waals surface area (Å²) in [5.41, 5.74) is -0.745. The zero-order valence-electron chi connectivity index (χ0n) is 11.4. The molecule has 0 radical (unpaired) electrons. The second kappa shape index (κ2) is 6.37. The molecule has 1 atom stereocenters. The van der Waals surface area contributed by atoms with E-state index in [0.29, 0.717) is 12.8 Å². The average molecular weight is 268 g/mol. The van der Waals surface area contributed by atoms with Gasteiger partial charge in [-0.2, -0.15) is 0 Å². The molecule has 2 fully saturated rings. The molecule has 0 spiro atoms. The molecular formula is C14H24N2O3. The summed E-state index contributed by atoms with van der Waals surface area (Å²) in [6.07, 6.45) is 7.34. The van der Waals surface area contributed by atoms with E-state index in [1.54, 1.807) is 0 Å². The molecule has 1 saturated heterocycles. The van der Waals surface area contributed by atoms with Crippen molar-refractivity contribution in [2.75, 3.05) is 13.1 Å². The van der Waals surface area contributed by atoms with Gasteiger partial charge in [-0.15, -0.1) is 0 Å². The fourth-order valence-electron chi connectivity index (χ4n) is 3.16. The van der Waals surface area contributed by atoms with E-state index in [9.17, 15) is 14.7 Å². The maximum Gasteiger partial charge on any atom is 0.311 e. The van der Waals surface area contributed by atoms with Crippen LogP contribution < -0.4 is 10.6 Å². The molecule has 108 valence electrons. The Labute approximate surface area is 114 Å². The number of hydrogen-bond donors (Lipinski definition) is 3. The summed E-state index contributed by atoms with van der Waals surface area (Å²) in [6, 6.07) is -0.128. The molecule has 0 aromatic rings. The number of carboxylic acid groups (broad SMARTS) is 1. The standard InChI is InChI=1S/C14H24N2O3/c17-12(11-6-5-9-15-11)16-10-14(13(18)19)7-3-1-2-4-8-14/h11,15H,1-10H2,(H,16,17)(H,18,19). The molecule has 2 rings (SSSR count). The van der Waals surface area contributed by atoms with Crippen LogP contribution in [-0.2, 0) is 9.59 Å². The van der Waals surface area contributed by atoms with Crippen LogP contribution in [0.15, 0.2) is 0 Å². The minimum Gasteiger partial charge on any atom is -0.481 e. The van der Waals surface area contributed by atoms with Gasteiger partial charge in [-0.25, -0.2) is 0 Å². The van der Waals surface area contributed by atoms with Gasteiger partial charge in [-0.05, 0) is 32.2 Å². The number of nitrogens with one attached hydrogen (secondary N) is 2. The second-order valence-corrected chi connectivity index (χ2v) is 5.87. The molecule has 1 unspecified atom stereocenters. The number of hydrogen-bond acceptors (Lipinski definition) is 3. The molecule has 19 heavy (non-hydrogen) atoms. The summed E-state index contributed by atoms with van der Waals surface area (Å²) < 4.78 is 0. The predicted octanol–water partition coefficient (Wildman–Crippen LogP) is 1.28. The molecule has 1 heterocycles. The molecular weight excluding hydrogens is 244 g/mol. The molecule has 5 nitrogen and oxygen atoms in total. The first-order valence-corrected chi connectivity index (χ1v) is 7.39. The van der Waals surface area contributed by atoms with Crippen molar-refractivity contribution in [3.05, 3.63) is 0 Å². The lowest BCUT2D eigenvalue weighted by Crippen LogP contribution is -2.47. The fraction of sp³-hybridized carbons (Fsp3) is 0.857. The normalized spacial score (nSPS) is 26.6. The molecule has 0 aromatic carbocycles. The first kappa shape index (κ1) is 14.3. The number of rotatable bonds is 4. The fourth-order valence-corrected chi connectivity index (χ4v) is 3.16. The molecule has 2 aliphatic rings. The van der Waals surface area contributed by atoms with Crippen LogP contribution in [0.3, 0.4) is 0 Å². The molecule has 0 aromatic heterocycles. The molecule has 5 heteroatoms. The third-order valence-electron chi connectivity index (χ3n) is 4.49. The molecule has 1 aliphatic carbocycles. The number of carboxylic acids is 1. The maximum atomic E-state index is 12.0. The minimum atomic E-state index is -0.755. The van der Waals surface area contributed by atoms with E-state index >= 15 is 0 Å². The molecule has 0 bridgehead atoms. The number of aliphatic carboxylic acids is 1. The van der Waals surface area contributed by atoms with Gasteiger partial charge >= 0.3 is 5.97 Å². The highest BCUT2D eigenvalue weighted by molar-refractivity contribution is 5.83. The third-order valence-corrected chi connectivity index (χ3v) is 4.49. The first-order chi connectivity index (χ1) is 9.14. The van der Waals surface area contributed by atoms with Gasteiger partial charge in [0.25, 0.3) is 0 Å². The average Bonchev–Trinajstić information content (AvgIpc) is 2.82. The van der Waals surface area contributed by atoms with Crippen LogP contribution in [0.5, 0.6) is 0 Å². The molecule has 1 amide bonds. The lowest BCUT2D eigenvalue weighted by atomic mass is 9.80. The number of amides is 1. The molecule has 3 N–H and O–H groups in total. The summed E-state index contributed by atoms with van der Waals surface area (Å²) in [6.45, 7) is 1.15. The minimum absolute atomic E-state index is 0.0395. The van der Waals surface area contributed by atoms with E-state index in [1.165, 1.54) is 0 Å². The van der Waals surface area contributed by atoms with Gasteiger partial charge in [0.15, 0.2) is 0 Å². The highest BCUT2D eigenvalue weighted by Gasteiger charge is 2.39. The largest absolute Gasteiger partial charge is 0.481 e. The van der Waals surface area contributed by atoms with E-state index in [4.69, 9.17) is 0 Å². The Hall–Kier alpha value is -1.10. The van der Waals surface area contributed by atoms with Crippen molar-refractivity contribution in [3.8, 4) is 0 Å². The Bertz CT molecular complexity index is 330. The van der Waals surface area contributed by atoms with E-state index in [0.717, 1.165) is 45.1 Å². The number of carbonyl (C=O) groups excluding carboxylic acids is 1. The Morgan fingerprint density at radius 2 is 1.84 bits per heavy atom. The van der Waals surface area contributed by atoms with Gasteiger partial charge in [-0.1, -0.05) is 25.7 Å². The molecule has 1 aliphatic heterocycles. The highest BCUT2D eigenvalue weighted by Crippen LogP contribution is 2.34. The van der Waals surface area contributed by atoms with Gasteiger partial charge < -0.3 is 15.7 Å². The Morgan fingerprint density at radius 1 is 1.16 bits per heavy atom. The van der Waals surface area contributed by atoms with Crippen molar-refractivity contribution in [1.29, 1.82) is 0 Å². The van der Waals surface area contributed by atoms with Crippen LogP contribution in [-0.4, -0.2) is 36.1 Å². The topological polar surface area (TPSA) is 78.4 Å². The molecule has 1 saturated carbocycles. The summed E-state index contributed by atoms with van der Waals surface area (Å²) in [4.78, 5) is 23.6. The lowest BCUT2D eigenvalue weighted by Gasteiger charge is -2.28. The monoisotopic (exact) mass is 268 g/mol.